The first-order valence-electron chi connectivity index (χ1n) is 8.92. The van der Waals surface area contributed by atoms with Crippen LogP contribution in [0.4, 0.5) is 4.39 Å². The van der Waals surface area contributed by atoms with Crippen molar-refractivity contribution in [2.75, 3.05) is 26.2 Å². The second kappa shape index (κ2) is 9.14. The van der Waals surface area contributed by atoms with E-state index >= 15 is 0 Å². The van der Waals surface area contributed by atoms with Gasteiger partial charge >= 0.3 is 0 Å². The molecule has 5 heteroatoms. The molecule has 1 aliphatic rings. The molecule has 1 fully saturated rings. The maximum Gasteiger partial charge on any atom is 0.219 e. The number of aryl methyl sites for hydroxylation is 1. The molecular formula is C19H29FN2O2. The van der Waals surface area contributed by atoms with Gasteiger partial charge in [0.15, 0.2) is 0 Å². The van der Waals surface area contributed by atoms with Gasteiger partial charge in [0.05, 0.1) is 6.10 Å². The highest BCUT2D eigenvalue weighted by Gasteiger charge is 2.23. The van der Waals surface area contributed by atoms with E-state index in [0.717, 1.165) is 43.5 Å². The SMILES string of the molecule is CCCC(=O)NCC1CCCN(CC(O)c2ccc(F)cc2C)C1. The average molecular weight is 336 g/mol. The second-order valence-corrected chi connectivity index (χ2v) is 6.84. The number of nitrogens with zero attached hydrogens (tertiary/aromatic N) is 1. The van der Waals surface area contributed by atoms with Gasteiger partial charge in [-0.25, -0.2) is 4.39 Å². The fourth-order valence-corrected chi connectivity index (χ4v) is 3.41. The maximum absolute atomic E-state index is 13.2. The molecule has 4 nitrogen and oxygen atoms in total. The Kier molecular flexibility index (Phi) is 7.18. The highest BCUT2D eigenvalue weighted by molar-refractivity contribution is 5.75. The van der Waals surface area contributed by atoms with E-state index in [9.17, 15) is 14.3 Å². The molecule has 0 aromatic heterocycles. The Morgan fingerprint density at radius 1 is 1.50 bits per heavy atom. The molecule has 2 rings (SSSR count). The van der Waals surface area contributed by atoms with Crippen LogP contribution in [0, 0.1) is 18.7 Å². The molecule has 0 bridgehead atoms. The van der Waals surface area contributed by atoms with Crippen molar-refractivity contribution in [3.8, 4) is 0 Å². The van der Waals surface area contributed by atoms with Gasteiger partial charge in [0, 0.05) is 26.1 Å². The van der Waals surface area contributed by atoms with Gasteiger partial charge in [-0.05, 0) is 61.9 Å². The third-order valence-corrected chi connectivity index (χ3v) is 4.69. The van der Waals surface area contributed by atoms with Gasteiger partial charge in [-0.15, -0.1) is 0 Å². The monoisotopic (exact) mass is 336 g/mol. The van der Waals surface area contributed by atoms with Crippen LogP contribution in [-0.4, -0.2) is 42.1 Å². The summed E-state index contributed by atoms with van der Waals surface area (Å²) in [6, 6.07) is 4.52. The number of hydrogen-bond donors (Lipinski definition) is 2. The third kappa shape index (κ3) is 5.56. The lowest BCUT2D eigenvalue weighted by atomic mass is 9.96. The fraction of sp³-hybridized carbons (Fsp3) is 0.632. The molecule has 2 atom stereocenters. The van der Waals surface area contributed by atoms with Gasteiger partial charge in [0.25, 0.3) is 0 Å². The van der Waals surface area contributed by atoms with Crippen molar-refractivity contribution < 1.29 is 14.3 Å². The molecule has 1 saturated heterocycles. The smallest absolute Gasteiger partial charge is 0.219 e. The quantitative estimate of drug-likeness (QED) is 0.805. The summed E-state index contributed by atoms with van der Waals surface area (Å²) in [7, 11) is 0. The number of amides is 1. The summed E-state index contributed by atoms with van der Waals surface area (Å²) in [6.07, 6.45) is 3.02. The zero-order valence-corrected chi connectivity index (χ0v) is 14.7. The van der Waals surface area contributed by atoms with Crippen LogP contribution in [0.25, 0.3) is 0 Å². The van der Waals surface area contributed by atoms with Crippen molar-refractivity contribution in [3.63, 3.8) is 0 Å². The Labute approximate surface area is 144 Å². The molecule has 1 heterocycles. The Balaban J connectivity index is 1.84. The number of aliphatic hydroxyl groups is 1. The lowest BCUT2D eigenvalue weighted by molar-refractivity contribution is -0.121. The molecule has 1 aliphatic heterocycles. The Bertz CT molecular complexity index is 550. The van der Waals surface area contributed by atoms with Crippen molar-refractivity contribution >= 4 is 5.91 Å². The summed E-state index contributed by atoms with van der Waals surface area (Å²) >= 11 is 0. The number of rotatable bonds is 7. The molecule has 134 valence electrons. The number of carbonyl (C=O) groups excluding carboxylic acids is 1. The fourth-order valence-electron chi connectivity index (χ4n) is 3.41. The molecule has 0 radical (unpaired) electrons. The average Bonchev–Trinajstić information content (AvgIpc) is 2.53. The van der Waals surface area contributed by atoms with E-state index in [1.807, 2.05) is 13.8 Å². The largest absolute Gasteiger partial charge is 0.387 e. The maximum atomic E-state index is 13.2. The third-order valence-electron chi connectivity index (χ3n) is 4.69. The Morgan fingerprint density at radius 3 is 3.00 bits per heavy atom. The highest BCUT2D eigenvalue weighted by Crippen LogP contribution is 2.23. The number of piperidine rings is 1. The minimum absolute atomic E-state index is 0.122. The first-order chi connectivity index (χ1) is 11.5. The summed E-state index contributed by atoms with van der Waals surface area (Å²) in [5.74, 6) is 0.280. The Morgan fingerprint density at radius 2 is 2.29 bits per heavy atom. The van der Waals surface area contributed by atoms with E-state index in [2.05, 4.69) is 10.2 Å². The zero-order valence-electron chi connectivity index (χ0n) is 14.7. The lowest BCUT2D eigenvalue weighted by Crippen LogP contribution is -2.42. The van der Waals surface area contributed by atoms with Crippen LogP contribution >= 0.6 is 0 Å². The number of nitrogens with one attached hydrogen (secondary N) is 1. The van der Waals surface area contributed by atoms with Gasteiger partial charge in [0.2, 0.25) is 5.91 Å². The molecule has 2 N–H and O–H groups in total. The van der Waals surface area contributed by atoms with Crippen LogP contribution in [-0.2, 0) is 4.79 Å². The summed E-state index contributed by atoms with van der Waals surface area (Å²) in [6.45, 7) is 6.91. The second-order valence-electron chi connectivity index (χ2n) is 6.84. The van der Waals surface area contributed by atoms with E-state index in [1.165, 1.54) is 12.1 Å². The van der Waals surface area contributed by atoms with E-state index in [-0.39, 0.29) is 11.7 Å². The normalized spacial score (nSPS) is 19.9. The standard InChI is InChI=1S/C19H29FN2O2/c1-3-5-19(24)21-11-15-6-4-9-22(12-15)13-18(23)17-8-7-16(20)10-14(17)2/h7-8,10,15,18,23H,3-6,9,11-13H2,1-2H3,(H,21,24). The van der Waals surface area contributed by atoms with Crippen LogP contribution < -0.4 is 5.32 Å². The van der Waals surface area contributed by atoms with Crippen LogP contribution in [0.2, 0.25) is 0 Å². The van der Waals surface area contributed by atoms with Gasteiger partial charge < -0.3 is 15.3 Å². The first kappa shape index (κ1) is 18.9. The van der Waals surface area contributed by atoms with Gasteiger partial charge in [-0.2, -0.15) is 0 Å². The van der Waals surface area contributed by atoms with Crippen molar-refractivity contribution in [2.24, 2.45) is 5.92 Å². The predicted molar refractivity (Wildman–Crippen MR) is 93.2 cm³/mol. The van der Waals surface area contributed by atoms with Crippen LogP contribution in [0.1, 0.15) is 49.8 Å². The van der Waals surface area contributed by atoms with Crippen molar-refractivity contribution in [1.82, 2.24) is 10.2 Å². The number of β-amino-alcohol motifs (C(OH)–C–C–N with tert-alkyl or cyclic N) is 1. The highest BCUT2D eigenvalue weighted by atomic mass is 19.1. The van der Waals surface area contributed by atoms with Crippen LogP contribution in [0.5, 0.6) is 0 Å². The molecule has 0 saturated carbocycles. The lowest BCUT2D eigenvalue weighted by Gasteiger charge is -2.34. The minimum Gasteiger partial charge on any atom is -0.387 e. The molecular weight excluding hydrogens is 307 g/mol. The molecule has 1 aromatic rings. The first-order valence-corrected chi connectivity index (χ1v) is 8.92. The van der Waals surface area contributed by atoms with Crippen molar-refractivity contribution in [2.45, 2.75) is 45.6 Å². The number of carbonyl (C=O) groups is 1. The number of benzene rings is 1. The summed E-state index contributed by atoms with van der Waals surface area (Å²) in [5, 5.41) is 13.5. The van der Waals surface area contributed by atoms with Gasteiger partial charge in [0.1, 0.15) is 5.82 Å². The number of likely N-dealkylation sites (tertiary alicyclic amines) is 1. The van der Waals surface area contributed by atoms with Crippen LogP contribution in [0.15, 0.2) is 18.2 Å². The summed E-state index contributed by atoms with van der Waals surface area (Å²) in [5.41, 5.74) is 1.57. The van der Waals surface area contributed by atoms with E-state index < -0.39 is 6.10 Å². The molecule has 1 aromatic carbocycles. The van der Waals surface area contributed by atoms with Crippen LogP contribution in [0.3, 0.4) is 0 Å². The van der Waals surface area contributed by atoms with Crippen molar-refractivity contribution in [1.29, 1.82) is 0 Å². The summed E-state index contributed by atoms with van der Waals surface area (Å²) in [4.78, 5) is 13.8. The van der Waals surface area contributed by atoms with Gasteiger partial charge in [-0.1, -0.05) is 13.0 Å². The number of hydrogen-bond acceptors (Lipinski definition) is 3. The minimum atomic E-state index is -0.612. The molecule has 0 spiro atoms. The molecule has 2 unspecified atom stereocenters. The predicted octanol–water partition coefficient (Wildman–Crippen LogP) is 2.80. The molecule has 24 heavy (non-hydrogen) atoms. The zero-order chi connectivity index (χ0) is 17.5. The van der Waals surface area contributed by atoms with Gasteiger partial charge in [-0.3, -0.25) is 4.79 Å². The topological polar surface area (TPSA) is 52.6 Å². The number of halogens is 1. The summed E-state index contributed by atoms with van der Waals surface area (Å²) < 4.78 is 13.2. The molecule has 0 aliphatic carbocycles. The van der Waals surface area contributed by atoms with Crippen molar-refractivity contribution in [3.05, 3.63) is 35.1 Å². The molecule has 1 amide bonds. The van der Waals surface area contributed by atoms with E-state index in [4.69, 9.17) is 0 Å². The van der Waals surface area contributed by atoms with E-state index in [0.29, 0.717) is 25.4 Å². The Hall–Kier alpha value is -1.46. The van der Waals surface area contributed by atoms with E-state index in [1.54, 1.807) is 6.07 Å². The number of aliphatic hydroxyl groups excluding tert-OH is 1.